The molecule has 0 aliphatic carbocycles. The number of furan rings is 1. The summed E-state index contributed by atoms with van der Waals surface area (Å²) in [5.74, 6) is 0.641. The van der Waals surface area contributed by atoms with Crippen molar-refractivity contribution in [2.45, 2.75) is 13.0 Å². The van der Waals surface area contributed by atoms with Crippen LogP contribution in [0, 0.1) is 0 Å². The molecule has 1 amide bonds. The highest BCUT2D eigenvalue weighted by Crippen LogP contribution is 2.30. The van der Waals surface area contributed by atoms with Gasteiger partial charge < -0.3 is 9.32 Å². The third kappa shape index (κ3) is 3.79. The number of hydrogen-bond acceptors (Lipinski definition) is 4. The zero-order valence-electron chi connectivity index (χ0n) is 16.0. The molecule has 0 spiro atoms. The van der Waals surface area contributed by atoms with E-state index in [0.29, 0.717) is 10.8 Å². The molecule has 29 heavy (non-hydrogen) atoms. The fourth-order valence-electron chi connectivity index (χ4n) is 3.08. The molecule has 146 valence electrons. The maximum absolute atomic E-state index is 12.9. The predicted octanol–water partition coefficient (Wildman–Crippen LogP) is 5.01. The Labute approximate surface area is 173 Å². The van der Waals surface area contributed by atoms with Crippen LogP contribution in [0.25, 0.3) is 17.0 Å². The van der Waals surface area contributed by atoms with Gasteiger partial charge in [-0.1, -0.05) is 35.9 Å². The normalized spacial score (nSPS) is 12.0. The number of halogens is 1. The molecule has 4 aromatic rings. The van der Waals surface area contributed by atoms with E-state index in [0.717, 1.165) is 16.8 Å². The highest BCUT2D eigenvalue weighted by molar-refractivity contribution is 6.33. The van der Waals surface area contributed by atoms with Crippen LogP contribution in [0.4, 0.5) is 0 Å². The van der Waals surface area contributed by atoms with Gasteiger partial charge in [-0.25, -0.2) is 9.67 Å². The molecule has 4 rings (SSSR count). The average molecular weight is 407 g/mol. The largest absolute Gasteiger partial charge is 0.451 e. The Bertz CT molecular complexity index is 1120. The summed E-state index contributed by atoms with van der Waals surface area (Å²) in [6.07, 6.45) is 3.13. The molecule has 0 fully saturated rings. The van der Waals surface area contributed by atoms with Crippen LogP contribution in [0.3, 0.4) is 0 Å². The third-order valence-electron chi connectivity index (χ3n) is 4.92. The Hall–Kier alpha value is -3.38. The zero-order valence-corrected chi connectivity index (χ0v) is 16.7. The first-order valence-electron chi connectivity index (χ1n) is 9.11. The molecule has 0 aliphatic rings. The van der Waals surface area contributed by atoms with Crippen molar-refractivity contribution in [1.82, 2.24) is 19.7 Å². The van der Waals surface area contributed by atoms with E-state index in [2.05, 4.69) is 10.1 Å². The molecule has 0 saturated carbocycles. The fraction of sp³-hybridized carbons (Fsp3) is 0.136. The van der Waals surface area contributed by atoms with Gasteiger partial charge in [-0.15, -0.1) is 0 Å². The molecule has 0 unspecified atom stereocenters. The minimum Gasteiger partial charge on any atom is -0.451 e. The lowest BCUT2D eigenvalue weighted by atomic mass is 10.1. The van der Waals surface area contributed by atoms with Gasteiger partial charge in [-0.2, -0.15) is 5.10 Å². The summed E-state index contributed by atoms with van der Waals surface area (Å²) in [4.78, 5) is 18.5. The van der Waals surface area contributed by atoms with E-state index >= 15 is 0 Å². The maximum Gasteiger partial charge on any atom is 0.289 e. The summed E-state index contributed by atoms with van der Waals surface area (Å²) >= 11 is 6.22. The van der Waals surface area contributed by atoms with E-state index in [-0.39, 0.29) is 17.7 Å². The van der Waals surface area contributed by atoms with E-state index in [1.807, 2.05) is 49.4 Å². The summed E-state index contributed by atoms with van der Waals surface area (Å²) in [6, 6.07) is 18.5. The molecule has 0 bridgehead atoms. The van der Waals surface area contributed by atoms with Gasteiger partial charge in [0.2, 0.25) is 0 Å². The van der Waals surface area contributed by atoms with E-state index in [1.54, 1.807) is 41.2 Å². The van der Waals surface area contributed by atoms with Crippen LogP contribution in [0.2, 0.25) is 5.02 Å². The van der Waals surface area contributed by atoms with Crippen molar-refractivity contribution in [3.8, 4) is 17.0 Å². The molecule has 0 N–H and O–H groups in total. The van der Waals surface area contributed by atoms with Crippen molar-refractivity contribution in [2.24, 2.45) is 0 Å². The second-order valence-corrected chi connectivity index (χ2v) is 7.07. The number of nitrogens with zero attached hydrogens (tertiary/aromatic N) is 4. The molecule has 0 aliphatic heterocycles. The number of amides is 1. The van der Waals surface area contributed by atoms with Gasteiger partial charge in [0.05, 0.1) is 16.8 Å². The van der Waals surface area contributed by atoms with Gasteiger partial charge in [0.15, 0.2) is 5.76 Å². The monoisotopic (exact) mass is 406 g/mol. The molecule has 6 nitrogen and oxygen atoms in total. The number of rotatable bonds is 5. The highest BCUT2D eigenvalue weighted by Gasteiger charge is 2.22. The lowest BCUT2D eigenvalue weighted by Gasteiger charge is -2.24. The fourth-order valence-corrected chi connectivity index (χ4v) is 3.31. The van der Waals surface area contributed by atoms with Gasteiger partial charge in [0, 0.05) is 12.6 Å². The van der Waals surface area contributed by atoms with Gasteiger partial charge in [-0.3, -0.25) is 4.79 Å². The van der Waals surface area contributed by atoms with Gasteiger partial charge in [0.1, 0.15) is 18.4 Å². The Kier molecular flexibility index (Phi) is 5.18. The van der Waals surface area contributed by atoms with Crippen molar-refractivity contribution >= 4 is 17.5 Å². The average Bonchev–Trinajstić information content (AvgIpc) is 3.45. The van der Waals surface area contributed by atoms with Crippen LogP contribution < -0.4 is 0 Å². The summed E-state index contributed by atoms with van der Waals surface area (Å²) in [7, 11) is 1.76. The Morgan fingerprint density at radius 2 is 1.86 bits per heavy atom. The first-order valence-corrected chi connectivity index (χ1v) is 9.49. The molecule has 7 heteroatoms. The van der Waals surface area contributed by atoms with Crippen LogP contribution in [0.1, 0.15) is 29.1 Å². The lowest BCUT2D eigenvalue weighted by Crippen LogP contribution is -2.29. The SMILES string of the molecule is C[C@@H](c1ccc(-n2cncn2)cc1)N(C)C(=O)c1ccc(-c2ccccc2Cl)o1. The Morgan fingerprint density at radius 1 is 1.10 bits per heavy atom. The third-order valence-corrected chi connectivity index (χ3v) is 5.25. The number of hydrogen-bond donors (Lipinski definition) is 0. The maximum atomic E-state index is 12.9. The van der Waals surface area contributed by atoms with Crippen LogP contribution in [-0.4, -0.2) is 32.6 Å². The minimum atomic E-state index is -0.198. The van der Waals surface area contributed by atoms with Crippen LogP contribution in [-0.2, 0) is 0 Å². The van der Waals surface area contributed by atoms with E-state index in [1.165, 1.54) is 6.33 Å². The molecule has 2 aromatic carbocycles. The minimum absolute atomic E-state index is 0.138. The van der Waals surface area contributed by atoms with Gasteiger partial charge >= 0.3 is 0 Å². The van der Waals surface area contributed by atoms with Crippen LogP contribution in [0.5, 0.6) is 0 Å². The quantitative estimate of drug-likeness (QED) is 0.467. The first-order chi connectivity index (χ1) is 14.0. The van der Waals surface area contributed by atoms with Crippen molar-refractivity contribution in [1.29, 1.82) is 0 Å². The van der Waals surface area contributed by atoms with E-state index in [9.17, 15) is 4.79 Å². The van der Waals surface area contributed by atoms with Crippen molar-refractivity contribution in [3.05, 3.63) is 89.7 Å². The number of carbonyl (C=O) groups is 1. The molecule has 0 saturated heterocycles. The summed E-state index contributed by atoms with van der Waals surface area (Å²) in [5.41, 5.74) is 2.66. The second-order valence-electron chi connectivity index (χ2n) is 6.67. The summed E-state index contributed by atoms with van der Waals surface area (Å²) < 4.78 is 7.48. The van der Waals surface area contributed by atoms with Crippen molar-refractivity contribution in [2.75, 3.05) is 7.05 Å². The molecular weight excluding hydrogens is 388 g/mol. The number of benzene rings is 2. The van der Waals surface area contributed by atoms with Crippen molar-refractivity contribution in [3.63, 3.8) is 0 Å². The first kappa shape index (κ1) is 19.0. The topological polar surface area (TPSA) is 64.2 Å². The van der Waals surface area contributed by atoms with E-state index < -0.39 is 0 Å². The predicted molar refractivity (Wildman–Crippen MR) is 111 cm³/mol. The summed E-state index contributed by atoms with van der Waals surface area (Å²) in [6.45, 7) is 1.97. The molecule has 0 radical (unpaired) electrons. The van der Waals surface area contributed by atoms with Crippen LogP contribution in [0.15, 0.2) is 77.7 Å². The smallest absolute Gasteiger partial charge is 0.289 e. The summed E-state index contributed by atoms with van der Waals surface area (Å²) in [5, 5.41) is 4.70. The zero-order chi connectivity index (χ0) is 20.4. The standard InChI is InChI=1S/C22H19ClN4O2/c1-15(16-7-9-17(10-8-16)27-14-24-13-25-27)26(2)22(28)21-12-11-20(29-21)18-5-3-4-6-19(18)23/h3-15H,1-2H3/t15-/m0/s1. The van der Waals surface area contributed by atoms with E-state index in [4.69, 9.17) is 16.0 Å². The molecule has 2 aromatic heterocycles. The Balaban J connectivity index is 1.51. The lowest BCUT2D eigenvalue weighted by molar-refractivity contribution is 0.0711. The molecule has 1 atom stereocenters. The number of carbonyl (C=O) groups excluding carboxylic acids is 1. The van der Waals surface area contributed by atoms with Gasteiger partial charge in [0.25, 0.3) is 5.91 Å². The molecular formula is C22H19ClN4O2. The number of aromatic nitrogens is 3. The highest BCUT2D eigenvalue weighted by atomic mass is 35.5. The van der Waals surface area contributed by atoms with Gasteiger partial charge in [-0.05, 0) is 48.9 Å². The Morgan fingerprint density at radius 3 is 2.55 bits per heavy atom. The molecule has 2 heterocycles. The van der Waals surface area contributed by atoms with Crippen LogP contribution >= 0.6 is 11.6 Å². The van der Waals surface area contributed by atoms with Crippen molar-refractivity contribution < 1.29 is 9.21 Å². The second kappa shape index (κ2) is 7.93.